The van der Waals surface area contributed by atoms with Crippen molar-refractivity contribution in [1.29, 1.82) is 0 Å². The summed E-state index contributed by atoms with van der Waals surface area (Å²) in [6, 6.07) is 3.01. The molecular formula is C30H36FN3O4S. The maximum atomic E-state index is 14.6. The molecule has 2 bridgehead atoms. The van der Waals surface area contributed by atoms with E-state index in [4.69, 9.17) is 10.5 Å². The Hall–Kier alpha value is -2.52. The number of anilines is 1. The molecule has 1 aromatic carbocycles. The van der Waals surface area contributed by atoms with E-state index in [0.717, 1.165) is 73.8 Å². The number of aromatic carboxylic acids is 1. The number of piperidine rings is 1. The summed E-state index contributed by atoms with van der Waals surface area (Å²) in [6.45, 7) is 0.303. The minimum atomic E-state index is -1.15. The molecule has 2 aromatic rings. The molecule has 5 fully saturated rings. The van der Waals surface area contributed by atoms with Gasteiger partial charge in [-0.2, -0.15) is 0 Å². The summed E-state index contributed by atoms with van der Waals surface area (Å²) < 4.78 is 21.6. The summed E-state index contributed by atoms with van der Waals surface area (Å²) in [4.78, 5) is 31.5. The van der Waals surface area contributed by atoms with Gasteiger partial charge in [0, 0.05) is 29.3 Å². The number of allylic oxidation sites excluding steroid dienone is 1. The maximum absolute atomic E-state index is 14.6. The smallest absolute Gasteiger partial charge is 0.335 e. The number of halogens is 1. The van der Waals surface area contributed by atoms with Crippen molar-refractivity contribution in [2.24, 2.45) is 23.0 Å². The zero-order valence-corrected chi connectivity index (χ0v) is 23.0. The monoisotopic (exact) mass is 553 g/mol. The third kappa shape index (κ3) is 4.75. The number of carbonyl (C=O) groups is 2. The van der Waals surface area contributed by atoms with Crippen LogP contribution in [0, 0.1) is 23.1 Å². The molecular weight excluding hydrogens is 517 g/mol. The van der Waals surface area contributed by atoms with Crippen LogP contribution >= 0.6 is 11.3 Å². The van der Waals surface area contributed by atoms with Crippen molar-refractivity contribution in [3.05, 3.63) is 34.8 Å². The van der Waals surface area contributed by atoms with Crippen molar-refractivity contribution < 1.29 is 23.8 Å². The molecule has 3 aliphatic carbocycles. The fourth-order valence-electron chi connectivity index (χ4n) is 7.34. The largest absolute Gasteiger partial charge is 0.478 e. The van der Waals surface area contributed by atoms with Crippen LogP contribution in [0.4, 0.5) is 9.52 Å². The Balaban J connectivity index is 1.05. The number of nitrogens with zero attached hydrogens (tertiary/aromatic N) is 2. The molecule has 5 aliphatic rings. The molecule has 0 radical (unpaired) electrons. The van der Waals surface area contributed by atoms with E-state index in [1.54, 1.807) is 0 Å². The summed E-state index contributed by atoms with van der Waals surface area (Å²) in [5.74, 6) is -1.11. The molecule has 2 saturated heterocycles. The number of aromatic nitrogens is 1. The van der Waals surface area contributed by atoms with E-state index in [1.807, 2.05) is 0 Å². The zero-order chi connectivity index (χ0) is 26.9. The van der Waals surface area contributed by atoms with Gasteiger partial charge in [-0.25, -0.2) is 14.2 Å². The Bertz CT molecular complexity index is 1340. The van der Waals surface area contributed by atoms with Gasteiger partial charge in [0.2, 0.25) is 0 Å². The average Bonchev–Trinajstić information content (AvgIpc) is 3.84. The minimum absolute atomic E-state index is 0.0411. The SMILES string of the molecule is NC(=C(COC1CC2CC[C@@H](C1)N2c1nc2c(F)cc(C(=O)O)cc2s1)C(=O)C1CC1)C1CCC2(CC1)CC2. The van der Waals surface area contributed by atoms with E-state index >= 15 is 0 Å². The third-order valence-corrected chi connectivity index (χ3v) is 11.1. The number of ether oxygens (including phenoxy) is 1. The first kappa shape index (κ1) is 25.4. The standard InChI is InChI=1S/C30H36FN3O4S/c31-23-11-18(28(36)37)12-24-26(23)33-29(39-24)34-19-3-4-20(34)14-21(13-19)38-15-22(27(35)17-1-2-17)25(32)16-5-7-30(8-6-16)9-10-30/h11-12,16-17,19-21H,1-10,13-15,32H2,(H,36,37)/t19-,20?,21?/m0/s1. The Kier molecular flexibility index (Phi) is 6.23. The maximum Gasteiger partial charge on any atom is 0.335 e. The van der Waals surface area contributed by atoms with Crippen molar-refractivity contribution in [1.82, 2.24) is 4.98 Å². The molecule has 9 heteroatoms. The van der Waals surface area contributed by atoms with Crippen molar-refractivity contribution >= 4 is 38.4 Å². The normalized spacial score (nSPS) is 28.6. The number of thiazole rings is 1. The number of hydrogen-bond acceptors (Lipinski definition) is 7. The first-order valence-corrected chi connectivity index (χ1v) is 15.4. The Morgan fingerprint density at radius 2 is 1.74 bits per heavy atom. The van der Waals surface area contributed by atoms with Crippen LogP contribution in [0.25, 0.3) is 10.2 Å². The summed E-state index contributed by atoms with van der Waals surface area (Å²) in [5.41, 5.74) is 9.02. The topological polar surface area (TPSA) is 106 Å². The predicted molar refractivity (Wildman–Crippen MR) is 147 cm³/mol. The molecule has 3 heterocycles. The van der Waals surface area contributed by atoms with Gasteiger partial charge in [0.1, 0.15) is 5.52 Å². The number of fused-ring (bicyclic) bond motifs is 3. The molecule has 3 atom stereocenters. The fourth-order valence-corrected chi connectivity index (χ4v) is 8.50. The van der Waals surface area contributed by atoms with Crippen LogP contribution in [-0.4, -0.2) is 46.6 Å². The highest BCUT2D eigenvalue weighted by Crippen LogP contribution is 2.57. The highest BCUT2D eigenvalue weighted by molar-refractivity contribution is 7.22. The summed E-state index contributed by atoms with van der Waals surface area (Å²) in [5, 5.41) is 10.0. The third-order valence-electron chi connectivity index (χ3n) is 10.1. The van der Waals surface area contributed by atoms with Crippen molar-refractivity contribution in [3.8, 4) is 0 Å². The van der Waals surface area contributed by atoms with Crippen LogP contribution < -0.4 is 10.6 Å². The average molecular weight is 554 g/mol. The lowest BCUT2D eigenvalue weighted by molar-refractivity contribution is -0.117. The second kappa shape index (κ2) is 9.54. The Morgan fingerprint density at radius 1 is 1.05 bits per heavy atom. The number of hydrogen-bond donors (Lipinski definition) is 2. The number of rotatable bonds is 8. The first-order valence-electron chi connectivity index (χ1n) is 14.6. The van der Waals surface area contributed by atoms with Crippen LogP contribution in [0.1, 0.15) is 87.4 Å². The molecule has 0 amide bonds. The first-order chi connectivity index (χ1) is 18.8. The quantitative estimate of drug-likeness (QED) is 0.397. The molecule has 7 nitrogen and oxygen atoms in total. The second-order valence-corrected chi connectivity index (χ2v) is 13.7. The van der Waals surface area contributed by atoms with Crippen LogP contribution in [0.3, 0.4) is 0 Å². The van der Waals surface area contributed by atoms with Crippen LogP contribution in [0.5, 0.6) is 0 Å². The minimum Gasteiger partial charge on any atom is -0.478 e. The summed E-state index contributed by atoms with van der Waals surface area (Å²) in [7, 11) is 0. The van der Waals surface area contributed by atoms with E-state index in [2.05, 4.69) is 9.88 Å². The van der Waals surface area contributed by atoms with Crippen LogP contribution in [0.15, 0.2) is 23.4 Å². The molecule has 3 N–H and O–H groups in total. The zero-order valence-electron chi connectivity index (χ0n) is 22.2. The van der Waals surface area contributed by atoms with E-state index in [0.29, 0.717) is 22.6 Å². The van der Waals surface area contributed by atoms with Gasteiger partial charge >= 0.3 is 5.97 Å². The fraction of sp³-hybridized carbons (Fsp3) is 0.633. The van der Waals surface area contributed by atoms with Crippen molar-refractivity contribution in [2.45, 2.75) is 95.2 Å². The van der Waals surface area contributed by atoms with Gasteiger partial charge in [0.15, 0.2) is 16.7 Å². The van der Waals surface area contributed by atoms with E-state index < -0.39 is 11.8 Å². The van der Waals surface area contributed by atoms with Gasteiger partial charge < -0.3 is 20.5 Å². The Morgan fingerprint density at radius 3 is 2.36 bits per heavy atom. The molecule has 1 aromatic heterocycles. The molecule has 208 valence electrons. The lowest BCUT2D eigenvalue weighted by Gasteiger charge is -2.39. The number of carboxylic acids is 1. The molecule has 7 rings (SSSR count). The number of carboxylic acid groups (broad SMARTS) is 1. The Labute approximate surface area is 231 Å². The number of benzene rings is 1. The number of nitrogens with two attached hydrogens (primary N) is 1. The number of ketones is 1. The van der Waals surface area contributed by atoms with Gasteiger partial charge in [-0.05, 0) is 101 Å². The highest BCUT2D eigenvalue weighted by atomic mass is 32.1. The molecule has 1 spiro atoms. The van der Waals surface area contributed by atoms with E-state index in [1.165, 1.54) is 43.1 Å². The molecule has 2 aliphatic heterocycles. The lowest BCUT2D eigenvalue weighted by atomic mass is 9.77. The molecule has 2 unspecified atom stereocenters. The molecule has 39 heavy (non-hydrogen) atoms. The number of carbonyl (C=O) groups excluding carboxylic acids is 1. The van der Waals surface area contributed by atoms with Crippen molar-refractivity contribution in [3.63, 3.8) is 0 Å². The van der Waals surface area contributed by atoms with Gasteiger partial charge in [-0.1, -0.05) is 11.3 Å². The van der Waals surface area contributed by atoms with Crippen LogP contribution in [-0.2, 0) is 9.53 Å². The van der Waals surface area contributed by atoms with Gasteiger partial charge in [-0.15, -0.1) is 0 Å². The summed E-state index contributed by atoms with van der Waals surface area (Å²) in [6.07, 6.45) is 13.0. The number of Topliss-reactive ketones (excluding diaryl/α,β-unsaturated/α-hetero) is 1. The highest BCUT2D eigenvalue weighted by Gasteiger charge is 2.46. The van der Waals surface area contributed by atoms with Gasteiger partial charge in [0.05, 0.1) is 23.0 Å². The molecule has 3 saturated carbocycles. The van der Waals surface area contributed by atoms with E-state index in [-0.39, 0.29) is 41.0 Å². The summed E-state index contributed by atoms with van der Waals surface area (Å²) >= 11 is 1.36. The van der Waals surface area contributed by atoms with Crippen LogP contribution in [0.2, 0.25) is 0 Å². The van der Waals surface area contributed by atoms with Gasteiger partial charge in [-0.3, -0.25) is 4.79 Å². The second-order valence-electron chi connectivity index (χ2n) is 12.6. The predicted octanol–water partition coefficient (Wildman–Crippen LogP) is 5.81. The van der Waals surface area contributed by atoms with Gasteiger partial charge in [0.25, 0.3) is 0 Å². The lowest BCUT2D eigenvalue weighted by Crippen LogP contribution is -2.45. The van der Waals surface area contributed by atoms with Crippen molar-refractivity contribution in [2.75, 3.05) is 11.5 Å². The van der Waals surface area contributed by atoms with E-state index in [9.17, 15) is 19.1 Å².